The lowest BCUT2D eigenvalue weighted by molar-refractivity contribution is 0.376. The number of rotatable bonds is 2. The molecule has 0 unspecified atom stereocenters. The van der Waals surface area contributed by atoms with Crippen LogP contribution in [0, 0.1) is 70.1 Å². The number of hydrogen-bond donors (Lipinski definition) is 2. The van der Waals surface area contributed by atoms with Crippen LogP contribution in [-0.2, 0) is 0 Å². The average molecular weight is 462 g/mol. The van der Waals surface area contributed by atoms with Crippen molar-refractivity contribution < 1.29 is 39.5 Å². The molecule has 2 aromatic carbocycles. The summed E-state index contributed by atoms with van der Waals surface area (Å²) in [6.07, 6.45) is 0. The summed E-state index contributed by atoms with van der Waals surface area (Å²) in [6.45, 7) is 2.65. The summed E-state index contributed by atoms with van der Waals surface area (Å²) in [4.78, 5) is 0. The highest BCUT2D eigenvalue weighted by Gasteiger charge is 2.38. The van der Waals surface area contributed by atoms with Gasteiger partial charge in [0.2, 0.25) is 5.82 Å². The van der Waals surface area contributed by atoms with Crippen LogP contribution >= 0.6 is 0 Å². The van der Waals surface area contributed by atoms with Gasteiger partial charge < -0.3 is 0 Å². The summed E-state index contributed by atoms with van der Waals surface area (Å²) < 4.78 is 128. The minimum Gasteiger partial charge on any atom is -0.298 e. The predicted molar refractivity (Wildman–Crippen MR) is 97.9 cm³/mol. The Hall–Kier alpha value is -3.37. The number of benzene rings is 2. The minimum absolute atomic E-state index is 0.539. The highest BCUT2D eigenvalue weighted by atomic mass is 19.2. The van der Waals surface area contributed by atoms with Crippen molar-refractivity contribution in [1.29, 1.82) is 10.8 Å². The SMILES string of the molecule is CC1=C(c2c(F)c(C)c(F)c(F)c2F)C(c2c(F)c(F)c(F)c(F)c2F)=C(C)C(=N)C1=N. The van der Waals surface area contributed by atoms with Crippen molar-refractivity contribution in [2.75, 3.05) is 0 Å². The number of nitrogens with one attached hydrogen (secondary N) is 2. The first-order chi connectivity index (χ1) is 14.7. The lowest BCUT2D eigenvalue weighted by atomic mass is 9.77. The molecule has 3 rings (SSSR count). The number of hydrogen-bond acceptors (Lipinski definition) is 2. The van der Waals surface area contributed by atoms with Gasteiger partial charge in [0.15, 0.2) is 40.7 Å². The first-order valence-electron chi connectivity index (χ1n) is 8.70. The smallest absolute Gasteiger partial charge is 0.200 e. The van der Waals surface area contributed by atoms with Crippen LogP contribution in [-0.4, -0.2) is 11.4 Å². The van der Waals surface area contributed by atoms with Gasteiger partial charge in [-0.3, -0.25) is 10.8 Å². The fraction of sp³-hybridized carbons (Fsp3) is 0.143. The van der Waals surface area contributed by atoms with Crippen molar-refractivity contribution in [2.24, 2.45) is 0 Å². The van der Waals surface area contributed by atoms with Gasteiger partial charge in [-0.2, -0.15) is 0 Å². The fourth-order valence-corrected chi connectivity index (χ4v) is 3.42. The summed E-state index contributed by atoms with van der Waals surface area (Å²) in [6, 6.07) is 0. The Morgan fingerprint density at radius 1 is 0.406 bits per heavy atom. The first kappa shape index (κ1) is 23.3. The maximum absolute atomic E-state index is 14.9. The van der Waals surface area contributed by atoms with Gasteiger partial charge in [-0.25, -0.2) is 39.5 Å². The van der Waals surface area contributed by atoms with E-state index in [1.54, 1.807) is 0 Å². The van der Waals surface area contributed by atoms with Gasteiger partial charge in [-0.15, -0.1) is 0 Å². The third-order valence-electron chi connectivity index (χ3n) is 5.19. The molecular weight excluding hydrogens is 451 g/mol. The van der Waals surface area contributed by atoms with Crippen molar-refractivity contribution in [3.8, 4) is 0 Å². The van der Waals surface area contributed by atoms with E-state index in [1.165, 1.54) is 0 Å². The molecule has 168 valence electrons. The lowest BCUT2D eigenvalue weighted by Gasteiger charge is -2.27. The molecule has 0 atom stereocenters. The van der Waals surface area contributed by atoms with Crippen molar-refractivity contribution in [2.45, 2.75) is 20.8 Å². The Labute approximate surface area is 174 Å². The Morgan fingerprint density at radius 3 is 1.06 bits per heavy atom. The second-order valence-corrected chi connectivity index (χ2v) is 6.95. The topological polar surface area (TPSA) is 47.7 Å². The Morgan fingerprint density at radius 2 is 0.688 bits per heavy atom. The van der Waals surface area contributed by atoms with E-state index in [9.17, 15) is 39.5 Å². The predicted octanol–water partition coefficient (Wildman–Crippen LogP) is 6.55. The van der Waals surface area contributed by atoms with E-state index in [0.717, 1.165) is 20.8 Å². The van der Waals surface area contributed by atoms with Gasteiger partial charge in [0, 0.05) is 16.7 Å². The Balaban J connectivity index is 2.59. The summed E-state index contributed by atoms with van der Waals surface area (Å²) in [5.41, 5.74) is -8.61. The van der Waals surface area contributed by atoms with Gasteiger partial charge in [-0.05, 0) is 31.9 Å². The monoisotopic (exact) mass is 462 g/mol. The summed E-state index contributed by atoms with van der Waals surface area (Å²) in [5.74, 6) is -19.9. The molecule has 0 saturated heterocycles. The molecule has 1 aliphatic rings. The standard InChI is InChI=1S/C21H11F9N2/c1-4-7(9-11(22)6(3)12(23)16(27)13(9)24)8(5(2)21(32)20(4)31)10-14(25)17(28)19(30)18(29)15(10)26/h31-32H,1-3H3. The van der Waals surface area contributed by atoms with Crippen molar-refractivity contribution in [3.05, 3.63) is 80.2 Å². The zero-order chi connectivity index (χ0) is 24.4. The molecule has 0 aromatic heterocycles. The van der Waals surface area contributed by atoms with Gasteiger partial charge in [0.1, 0.15) is 5.82 Å². The van der Waals surface area contributed by atoms with Gasteiger partial charge in [-0.1, -0.05) is 0 Å². The van der Waals surface area contributed by atoms with Gasteiger partial charge in [0.25, 0.3) is 0 Å². The Bertz CT molecular complexity index is 1160. The number of halogens is 9. The van der Waals surface area contributed by atoms with Crippen LogP contribution in [0.15, 0.2) is 11.1 Å². The fourth-order valence-electron chi connectivity index (χ4n) is 3.42. The highest BCUT2D eigenvalue weighted by Crippen LogP contribution is 2.45. The average Bonchev–Trinajstić information content (AvgIpc) is 2.77. The highest BCUT2D eigenvalue weighted by molar-refractivity contribution is 6.57. The number of allylic oxidation sites excluding steroid dienone is 4. The van der Waals surface area contributed by atoms with Crippen LogP contribution < -0.4 is 0 Å². The molecule has 0 saturated carbocycles. The van der Waals surface area contributed by atoms with E-state index in [0.29, 0.717) is 0 Å². The molecule has 0 amide bonds. The third kappa shape index (κ3) is 2.98. The minimum atomic E-state index is -2.50. The lowest BCUT2D eigenvalue weighted by Crippen LogP contribution is -2.24. The van der Waals surface area contributed by atoms with E-state index in [2.05, 4.69) is 0 Å². The van der Waals surface area contributed by atoms with Gasteiger partial charge in [0.05, 0.1) is 22.6 Å². The van der Waals surface area contributed by atoms with Crippen molar-refractivity contribution >= 4 is 22.6 Å². The van der Waals surface area contributed by atoms with E-state index in [-0.39, 0.29) is 0 Å². The van der Waals surface area contributed by atoms with Crippen LogP contribution in [0.1, 0.15) is 30.5 Å². The summed E-state index contributed by atoms with van der Waals surface area (Å²) >= 11 is 0. The molecule has 2 nitrogen and oxygen atoms in total. The molecule has 0 fully saturated rings. The molecule has 0 spiro atoms. The molecule has 2 aromatic rings. The second-order valence-electron chi connectivity index (χ2n) is 6.95. The zero-order valence-electron chi connectivity index (χ0n) is 16.4. The van der Waals surface area contributed by atoms with Crippen LogP contribution in [0.5, 0.6) is 0 Å². The van der Waals surface area contributed by atoms with Crippen molar-refractivity contribution in [3.63, 3.8) is 0 Å². The molecule has 0 heterocycles. The van der Waals surface area contributed by atoms with E-state index < -0.39 is 103 Å². The van der Waals surface area contributed by atoms with Crippen molar-refractivity contribution in [1.82, 2.24) is 0 Å². The molecule has 2 N–H and O–H groups in total. The molecule has 32 heavy (non-hydrogen) atoms. The molecule has 0 aliphatic heterocycles. The normalized spacial score (nSPS) is 14.8. The van der Waals surface area contributed by atoms with E-state index in [1.807, 2.05) is 0 Å². The third-order valence-corrected chi connectivity index (χ3v) is 5.19. The first-order valence-corrected chi connectivity index (χ1v) is 8.70. The van der Waals surface area contributed by atoms with Crippen LogP contribution in [0.4, 0.5) is 39.5 Å². The largest absolute Gasteiger partial charge is 0.298 e. The maximum atomic E-state index is 14.9. The quantitative estimate of drug-likeness (QED) is 0.220. The van der Waals surface area contributed by atoms with Crippen LogP contribution in [0.2, 0.25) is 0 Å². The maximum Gasteiger partial charge on any atom is 0.200 e. The summed E-state index contributed by atoms with van der Waals surface area (Å²) in [7, 11) is 0. The molecular formula is C21H11F9N2. The van der Waals surface area contributed by atoms with Gasteiger partial charge >= 0.3 is 0 Å². The van der Waals surface area contributed by atoms with Crippen LogP contribution in [0.25, 0.3) is 11.1 Å². The molecule has 1 aliphatic carbocycles. The molecule has 0 bridgehead atoms. The summed E-state index contributed by atoms with van der Waals surface area (Å²) in [5, 5.41) is 15.9. The Kier molecular flexibility index (Phi) is 5.56. The van der Waals surface area contributed by atoms with E-state index in [4.69, 9.17) is 10.8 Å². The van der Waals surface area contributed by atoms with Crippen LogP contribution in [0.3, 0.4) is 0 Å². The second kappa shape index (κ2) is 7.64. The van der Waals surface area contributed by atoms with E-state index >= 15 is 0 Å². The molecule has 11 heteroatoms. The zero-order valence-corrected chi connectivity index (χ0v) is 16.4. The molecule has 0 radical (unpaired) electrons.